The summed E-state index contributed by atoms with van der Waals surface area (Å²) in [6.07, 6.45) is -0.191. The van der Waals surface area contributed by atoms with Crippen LogP contribution >= 0.6 is 0 Å². The van der Waals surface area contributed by atoms with E-state index in [1.807, 2.05) is 13.8 Å². The Morgan fingerprint density at radius 1 is 1.13 bits per heavy atom. The molecule has 15 heavy (non-hydrogen) atoms. The molecule has 0 aromatic carbocycles. The largest absolute Gasteiger partial charge is 0.439 e. The zero-order valence-electron chi connectivity index (χ0n) is 9.65. The lowest BCUT2D eigenvalue weighted by Gasteiger charge is -2.16. The number of carbonyl (C=O) groups is 1. The van der Waals surface area contributed by atoms with Gasteiger partial charge in [-0.2, -0.15) is 0 Å². The molecule has 5 nitrogen and oxygen atoms in total. The summed E-state index contributed by atoms with van der Waals surface area (Å²) in [6.45, 7) is 7.23. The van der Waals surface area contributed by atoms with Crippen molar-refractivity contribution in [1.82, 2.24) is 0 Å². The van der Waals surface area contributed by atoms with Gasteiger partial charge in [0.15, 0.2) is 6.79 Å². The molecule has 0 bridgehead atoms. The summed E-state index contributed by atoms with van der Waals surface area (Å²) in [4.78, 5) is 10.5. The van der Waals surface area contributed by atoms with E-state index in [9.17, 15) is 4.79 Å². The van der Waals surface area contributed by atoms with Gasteiger partial charge in [-0.05, 0) is 13.8 Å². The van der Waals surface area contributed by atoms with E-state index < -0.39 is 0 Å². The van der Waals surface area contributed by atoms with Gasteiger partial charge in [0, 0.05) is 20.1 Å². The van der Waals surface area contributed by atoms with Crippen LogP contribution in [0.1, 0.15) is 20.8 Å². The Balaban J connectivity index is 3.63. The number of ether oxygens (including phenoxy) is 4. The second-order valence-electron chi connectivity index (χ2n) is 2.86. The van der Waals surface area contributed by atoms with Crippen LogP contribution in [0, 0.1) is 0 Å². The van der Waals surface area contributed by atoms with Gasteiger partial charge in [-0.1, -0.05) is 0 Å². The van der Waals surface area contributed by atoms with Crippen LogP contribution in [0.25, 0.3) is 0 Å². The average Bonchev–Trinajstić information content (AvgIpc) is 2.20. The van der Waals surface area contributed by atoms with Gasteiger partial charge in [0.05, 0.1) is 13.2 Å². The summed E-state index contributed by atoms with van der Waals surface area (Å²) in [5.74, 6) is -0.360. The number of hydrogen-bond donors (Lipinski definition) is 0. The molecule has 0 rings (SSSR count). The van der Waals surface area contributed by atoms with E-state index in [1.165, 1.54) is 6.92 Å². The van der Waals surface area contributed by atoms with Crippen LogP contribution in [0.3, 0.4) is 0 Å². The predicted octanol–water partition coefficient (Wildman–Crippen LogP) is 0.965. The molecule has 0 aliphatic carbocycles. The lowest BCUT2D eigenvalue weighted by atomic mass is 10.4. The molecule has 0 radical (unpaired) electrons. The quantitative estimate of drug-likeness (QED) is 0.428. The van der Waals surface area contributed by atoms with Gasteiger partial charge in [-0.25, -0.2) is 0 Å². The molecule has 0 aliphatic heterocycles. The summed E-state index contributed by atoms with van der Waals surface area (Å²) in [5, 5.41) is 0. The Morgan fingerprint density at radius 2 is 1.67 bits per heavy atom. The highest BCUT2D eigenvalue weighted by molar-refractivity contribution is 5.65. The van der Waals surface area contributed by atoms with E-state index in [1.54, 1.807) is 0 Å². The van der Waals surface area contributed by atoms with Crippen LogP contribution in [-0.2, 0) is 23.7 Å². The molecule has 0 heterocycles. The Hall–Kier alpha value is -0.650. The molecule has 0 aliphatic rings. The maximum absolute atomic E-state index is 10.5. The maximum Gasteiger partial charge on any atom is 0.304 e. The fraction of sp³-hybridized carbons (Fsp3) is 0.900. The zero-order chi connectivity index (χ0) is 11.5. The Labute approximate surface area is 90.6 Å². The molecule has 0 N–H and O–H groups in total. The SMILES string of the molecule is CCOCC(COCC)OCOC(C)=O. The smallest absolute Gasteiger partial charge is 0.304 e. The maximum atomic E-state index is 10.5. The summed E-state index contributed by atoms with van der Waals surface area (Å²) < 4.78 is 20.3. The van der Waals surface area contributed by atoms with Crippen LogP contribution in [0.5, 0.6) is 0 Å². The lowest BCUT2D eigenvalue weighted by Crippen LogP contribution is -2.27. The molecule has 5 heteroatoms. The van der Waals surface area contributed by atoms with E-state index in [0.717, 1.165) is 0 Å². The number of esters is 1. The first-order chi connectivity index (χ1) is 7.20. The second kappa shape index (κ2) is 9.89. The highest BCUT2D eigenvalue weighted by Gasteiger charge is 2.09. The van der Waals surface area contributed by atoms with Crippen LogP contribution in [0.15, 0.2) is 0 Å². The Kier molecular flexibility index (Phi) is 9.46. The van der Waals surface area contributed by atoms with E-state index in [2.05, 4.69) is 4.74 Å². The van der Waals surface area contributed by atoms with Crippen molar-refractivity contribution in [2.75, 3.05) is 33.2 Å². The summed E-state index contributed by atoms with van der Waals surface area (Å²) in [6, 6.07) is 0. The summed E-state index contributed by atoms with van der Waals surface area (Å²) >= 11 is 0. The van der Waals surface area contributed by atoms with Gasteiger partial charge in [0.2, 0.25) is 0 Å². The van der Waals surface area contributed by atoms with Gasteiger partial charge in [-0.15, -0.1) is 0 Å². The molecule has 90 valence electrons. The van der Waals surface area contributed by atoms with Crippen molar-refractivity contribution in [1.29, 1.82) is 0 Å². The van der Waals surface area contributed by atoms with Crippen LogP contribution in [-0.4, -0.2) is 45.3 Å². The van der Waals surface area contributed by atoms with Gasteiger partial charge in [0.25, 0.3) is 0 Å². The Morgan fingerprint density at radius 3 is 2.07 bits per heavy atom. The van der Waals surface area contributed by atoms with Gasteiger partial charge >= 0.3 is 5.97 Å². The summed E-state index contributed by atoms with van der Waals surface area (Å²) in [5.41, 5.74) is 0. The minimum absolute atomic E-state index is 0.0554. The molecular formula is C10H20O5. The molecule has 0 aromatic rings. The van der Waals surface area contributed by atoms with Crippen molar-refractivity contribution in [3.8, 4) is 0 Å². The fourth-order valence-electron chi connectivity index (χ4n) is 0.856. The van der Waals surface area contributed by atoms with Crippen molar-refractivity contribution < 1.29 is 23.7 Å². The lowest BCUT2D eigenvalue weighted by molar-refractivity contribution is -0.165. The molecule has 0 fully saturated rings. The van der Waals surface area contributed by atoms with E-state index in [-0.39, 0.29) is 18.9 Å². The van der Waals surface area contributed by atoms with Crippen LogP contribution in [0.4, 0.5) is 0 Å². The molecule has 0 spiro atoms. The number of hydrogen-bond acceptors (Lipinski definition) is 5. The fourth-order valence-corrected chi connectivity index (χ4v) is 0.856. The third-order valence-electron chi connectivity index (χ3n) is 1.58. The molecule has 0 unspecified atom stereocenters. The highest BCUT2D eigenvalue weighted by atomic mass is 16.7. The van der Waals surface area contributed by atoms with Gasteiger partial charge in [-0.3, -0.25) is 4.79 Å². The van der Waals surface area contributed by atoms with Crippen molar-refractivity contribution in [3.05, 3.63) is 0 Å². The van der Waals surface area contributed by atoms with Gasteiger partial charge in [0.1, 0.15) is 6.10 Å². The third-order valence-corrected chi connectivity index (χ3v) is 1.58. The molecular weight excluding hydrogens is 200 g/mol. The standard InChI is InChI=1S/C10H20O5/c1-4-12-6-10(7-13-5-2)15-8-14-9(3)11/h10H,4-8H2,1-3H3. The minimum atomic E-state index is -0.360. The van der Waals surface area contributed by atoms with Crippen LogP contribution < -0.4 is 0 Å². The van der Waals surface area contributed by atoms with E-state index >= 15 is 0 Å². The topological polar surface area (TPSA) is 54.0 Å². The van der Waals surface area contributed by atoms with E-state index in [4.69, 9.17) is 14.2 Å². The molecule has 0 saturated carbocycles. The molecule has 0 atom stereocenters. The molecule has 0 aromatic heterocycles. The summed E-state index contributed by atoms with van der Waals surface area (Å²) in [7, 11) is 0. The Bertz CT molecular complexity index is 152. The third kappa shape index (κ3) is 9.65. The monoisotopic (exact) mass is 220 g/mol. The number of carbonyl (C=O) groups excluding carboxylic acids is 1. The highest BCUT2D eigenvalue weighted by Crippen LogP contribution is 1.96. The van der Waals surface area contributed by atoms with Crippen molar-refractivity contribution in [2.45, 2.75) is 26.9 Å². The average molecular weight is 220 g/mol. The minimum Gasteiger partial charge on any atom is -0.439 e. The first-order valence-corrected chi connectivity index (χ1v) is 5.11. The molecule has 0 amide bonds. The first kappa shape index (κ1) is 14.3. The zero-order valence-corrected chi connectivity index (χ0v) is 9.65. The second-order valence-corrected chi connectivity index (χ2v) is 2.86. The van der Waals surface area contributed by atoms with E-state index in [0.29, 0.717) is 26.4 Å². The van der Waals surface area contributed by atoms with Crippen molar-refractivity contribution in [3.63, 3.8) is 0 Å². The van der Waals surface area contributed by atoms with Gasteiger partial charge < -0.3 is 18.9 Å². The molecule has 0 saturated heterocycles. The number of rotatable bonds is 9. The predicted molar refractivity (Wildman–Crippen MR) is 54.5 cm³/mol. The first-order valence-electron chi connectivity index (χ1n) is 5.11. The van der Waals surface area contributed by atoms with Crippen molar-refractivity contribution in [2.24, 2.45) is 0 Å². The van der Waals surface area contributed by atoms with Crippen molar-refractivity contribution >= 4 is 5.97 Å². The van der Waals surface area contributed by atoms with Crippen LogP contribution in [0.2, 0.25) is 0 Å². The normalized spacial score (nSPS) is 10.7.